The van der Waals surface area contributed by atoms with Crippen LogP contribution in [0.15, 0.2) is 11.1 Å². The summed E-state index contributed by atoms with van der Waals surface area (Å²) >= 11 is 0. The van der Waals surface area contributed by atoms with Crippen molar-refractivity contribution < 1.29 is 47.3 Å². The summed E-state index contributed by atoms with van der Waals surface area (Å²) in [6.07, 6.45) is -5.86. The third-order valence-electron chi connectivity index (χ3n) is 13.2. The molecule has 3 aromatic heterocycles. The Morgan fingerprint density at radius 2 is 1.41 bits per heavy atom. The number of nitrogens with zero attached hydrogens (tertiary/aromatic N) is 5. The van der Waals surface area contributed by atoms with Crippen molar-refractivity contribution in [2.24, 2.45) is 7.05 Å². The molecule has 0 unspecified atom stereocenters. The standard InChI is InChI=1S/C39H70N6O11Si3/c1-22-26(28(47)27(46)24(34(49)51-12)42-36(50)52-13)45-32(48)25-31(43(11)35(45)41-22)44(21-40-25)33-30(56-59(18,19)39(8,9)10)29(55-58(16,17)38(5,6)7)23(54-33)20-53-57(14,15)37(2,3)4/h21,23-24,27-30,33,46-47H,20H2,1-19H3,(H,42,50)/t23-,24+,27-,28-,29-,30-,33-/m1/s1. The Morgan fingerprint density at radius 1 is 0.881 bits per heavy atom. The van der Waals surface area contributed by atoms with E-state index in [4.69, 9.17) is 22.8 Å². The van der Waals surface area contributed by atoms with Crippen molar-refractivity contribution in [3.8, 4) is 0 Å². The summed E-state index contributed by atoms with van der Waals surface area (Å²) < 4.78 is 42.6. The van der Waals surface area contributed by atoms with Crippen molar-refractivity contribution >= 4 is 54.0 Å². The van der Waals surface area contributed by atoms with Gasteiger partial charge in [-0.15, -0.1) is 0 Å². The molecule has 7 atom stereocenters. The molecule has 59 heavy (non-hydrogen) atoms. The van der Waals surface area contributed by atoms with Crippen LogP contribution in [0, 0.1) is 6.92 Å². The summed E-state index contributed by atoms with van der Waals surface area (Å²) in [5, 5.41) is 24.7. The second kappa shape index (κ2) is 16.7. The SMILES string of the molecule is COC(=O)N[C@H](C(=O)OC)[C@@H](O)[C@H](O)c1c(C)nc2n(C)c3c(ncn3[C@@H]3O[C@H](CO[Si](C)(C)C(C)(C)C)[C@@H](O[Si](C)(C)C(C)(C)C)[C@H]3O[Si](C)(C)C(C)(C)C)c(=O)n12. The van der Waals surface area contributed by atoms with Gasteiger partial charge in [0.25, 0.3) is 5.56 Å². The highest BCUT2D eigenvalue weighted by Crippen LogP contribution is 2.47. The molecule has 0 aliphatic carbocycles. The number of hydrogen-bond donors (Lipinski definition) is 3. The summed E-state index contributed by atoms with van der Waals surface area (Å²) in [5.41, 5.74) is -0.162. The molecule has 4 rings (SSSR count). The van der Waals surface area contributed by atoms with E-state index >= 15 is 0 Å². The lowest BCUT2D eigenvalue weighted by Gasteiger charge is -2.44. The molecule has 1 fully saturated rings. The molecule has 1 aliphatic rings. The van der Waals surface area contributed by atoms with Gasteiger partial charge in [0, 0.05) is 7.05 Å². The first-order valence-corrected chi connectivity index (χ1v) is 28.8. The number of nitrogens with one attached hydrogen (secondary N) is 1. The van der Waals surface area contributed by atoms with Crippen LogP contribution in [0.2, 0.25) is 54.4 Å². The first kappa shape index (κ1) is 48.7. The number of aryl methyl sites for hydroxylation is 2. The number of carbonyl (C=O) groups is 2. The van der Waals surface area contributed by atoms with Gasteiger partial charge in [-0.1, -0.05) is 62.3 Å². The first-order chi connectivity index (χ1) is 26.7. The Hall–Kier alpha value is -2.96. The molecule has 0 radical (unpaired) electrons. The fraction of sp³-hybridized carbons (Fsp3) is 0.769. The maximum Gasteiger partial charge on any atom is 0.407 e. The molecule has 0 spiro atoms. The largest absolute Gasteiger partial charge is 0.467 e. The lowest BCUT2D eigenvalue weighted by atomic mass is 10.0. The Labute approximate surface area is 351 Å². The van der Waals surface area contributed by atoms with E-state index in [2.05, 4.69) is 122 Å². The molecule has 17 nitrogen and oxygen atoms in total. The van der Waals surface area contributed by atoms with Crippen LogP contribution in [0.5, 0.6) is 0 Å². The highest BCUT2D eigenvalue weighted by Gasteiger charge is 2.55. The number of hydrogen-bond acceptors (Lipinski definition) is 13. The Kier molecular flexibility index (Phi) is 13.8. The molecule has 0 saturated carbocycles. The first-order valence-electron chi connectivity index (χ1n) is 20.1. The minimum atomic E-state index is -2.52. The maximum absolute atomic E-state index is 14.5. The zero-order valence-corrected chi connectivity index (χ0v) is 41.6. The predicted octanol–water partition coefficient (Wildman–Crippen LogP) is 5.68. The predicted molar refractivity (Wildman–Crippen MR) is 232 cm³/mol. The lowest BCUT2D eigenvalue weighted by Crippen LogP contribution is -2.54. The van der Waals surface area contributed by atoms with Crippen LogP contribution in [0.4, 0.5) is 4.79 Å². The van der Waals surface area contributed by atoms with E-state index in [1.165, 1.54) is 0 Å². The van der Waals surface area contributed by atoms with E-state index in [1.54, 1.807) is 29.4 Å². The fourth-order valence-corrected chi connectivity index (χ4v) is 9.96. The molecule has 3 N–H and O–H groups in total. The molecule has 0 aromatic carbocycles. The van der Waals surface area contributed by atoms with Crippen molar-refractivity contribution in [2.45, 2.75) is 166 Å². The average molecular weight is 883 g/mol. The number of imidazole rings is 2. The smallest absolute Gasteiger partial charge is 0.407 e. The van der Waals surface area contributed by atoms with Crippen LogP contribution in [0.1, 0.15) is 86.0 Å². The summed E-state index contributed by atoms with van der Waals surface area (Å²) in [4.78, 5) is 48.5. The van der Waals surface area contributed by atoms with Crippen LogP contribution in [0.3, 0.4) is 0 Å². The molecule has 20 heteroatoms. The third kappa shape index (κ3) is 9.30. The zero-order valence-electron chi connectivity index (χ0n) is 38.6. The van der Waals surface area contributed by atoms with Crippen LogP contribution in [0.25, 0.3) is 16.9 Å². The topological polar surface area (TPSA) is 199 Å². The summed E-state index contributed by atoms with van der Waals surface area (Å²) in [5.74, 6) is -0.928. The van der Waals surface area contributed by atoms with Crippen molar-refractivity contribution in [2.75, 3.05) is 20.8 Å². The number of aliphatic hydroxyl groups is 2. The van der Waals surface area contributed by atoms with Gasteiger partial charge in [-0.25, -0.2) is 24.0 Å². The van der Waals surface area contributed by atoms with Crippen molar-refractivity contribution in [3.05, 3.63) is 28.1 Å². The highest BCUT2D eigenvalue weighted by atomic mass is 28.4. The molecule has 0 bridgehead atoms. The van der Waals surface area contributed by atoms with E-state index in [9.17, 15) is 24.6 Å². The van der Waals surface area contributed by atoms with E-state index < -0.39 is 85.4 Å². The number of methoxy groups -OCH3 is 2. The van der Waals surface area contributed by atoms with Gasteiger partial charge in [0.15, 0.2) is 48.4 Å². The number of fused-ring (bicyclic) bond motifs is 2. The molecule has 1 aliphatic heterocycles. The van der Waals surface area contributed by atoms with Gasteiger partial charge in [-0.05, 0) is 61.3 Å². The number of aliphatic hydroxyl groups excluding tert-OH is 2. The lowest BCUT2D eigenvalue weighted by molar-refractivity contribution is -0.148. The van der Waals surface area contributed by atoms with Gasteiger partial charge in [0.05, 0.1) is 38.5 Å². The van der Waals surface area contributed by atoms with Crippen molar-refractivity contribution in [1.29, 1.82) is 0 Å². The van der Waals surface area contributed by atoms with Crippen molar-refractivity contribution in [3.63, 3.8) is 0 Å². The molecule has 1 saturated heterocycles. The van der Waals surface area contributed by atoms with Crippen LogP contribution in [-0.4, -0.2) is 122 Å². The van der Waals surface area contributed by atoms with Crippen molar-refractivity contribution in [1.82, 2.24) is 28.8 Å². The number of amides is 1. The second-order valence-corrected chi connectivity index (χ2v) is 34.6. The fourth-order valence-electron chi connectivity index (χ4n) is 6.34. The summed E-state index contributed by atoms with van der Waals surface area (Å²) in [7, 11) is -3.35. The quantitative estimate of drug-likeness (QED) is 0.140. The molecular formula is C39H70N6O11Si3. The van der Waals surface area contributed by atoms with Crippen LogP contribution < -0.4 is 10.9 Å². The Bertz CT molecular complexity index is 2080. The Balaban J connectivity index is 1.96. The molecule has 3 aromatic rings. The van der Waals surface area contributed by atoms with Crippen LogP contribution in [-0.2, 0) is 39.3 Å². The number of alkyl carbamates (subject to hydrolysis) is 1. The Morgan fingerprint density at radius 3 is 1.90 bits per heavy atom. The van der Waals surface area contributed by atoms with Gasteiger partial charge in [0.1, 0.15) is 30.5 Å². The summed E-state index contributed by atoms with van der Waals surface area (Å²) in [6.45, 7) is 34.8. The molecule has 1 amide bonds. The van der Waals surface area contributed by atoms with Gasteiger partial charge >= 0.3 is 12.1 Å². The maximum atomic E-state index is 14.5. The van der Waals surface area contributed by atoms with Gasteiger partial charge in [-0.2, -0.15) is 0 Å². The highest BCUT2D eigenvalue weighted by molar-refractivity contribution is 6.75. The second-order valence-electron chi connectivity index (χ2n) is 20.3. The summed E-state index contributed by atoms with van der Waals surface area (Å²) in [6, 6.07) is -1.74. The van der Waals surface area contributed by atoms with E-state index in [1.807, 2.05) is 0 Å². The number of carbonyl (C=O) groups excluding carboxylic acids is 2. The third-order valence-corrected chi connectivity index (χ3v) is 26.6. The normalized spacial score (nSPS) is 21.5. The molecular weight excluding hydrogens is 813 g/mol. The average Bonchev–Trinajstić information content (AvgIpc) is 3.79. The monoisotopic (exact) mass is 882 g/mol. The zero-order chi connectivity index (χ0) is 45.2. The van der Waals surface area contributed by atoms with E-state index in [0.29, 0.717) is 5.65 Å². The minimum Gasteiger partial charge on any atom is -0.467 e. The van der Waals surface area contributed by atoms with Gasteiger partial charge in [-0.3, -0.25) is 13.9 Å². The number of aromatic nitrogens is 5. The molecule has 334 valence electrons. The van der Waals surface area contributed by atoms with Gasteiger partial charge < -0.3 is 43.0 Å². The van der Waals surface area contributed by atoms with E-state index in [-0.39, 0.29) is 44.4 Å². The number of ether oxygens (including phenoxy) is 3. The van der Waals surface area contributed by atoms with Gasteiger partial charge in [0.2, 0.25) is 5.78 Å². The number of esters is 1. The molecule has 4 heterocycles. The minimum absolute atomic E-state index is 0.0232. The number of rotatable bonds is 13. The van der Waals surface area contributed by atoms with E-state index in [0.717, 1.165) is 18.6 Å². The van der Waals surface area contributed by atoms with Crippen LogP contribution >= 0.6 is 0 Å².